The highest BCUT2D eigenvalue weighted by Gasteiger charge is 2.15. The Morgan fingerprint density at radius 2 is 1.75 bits per heavy atom. The van der Waals surface area contributed by atoms with Crippen LogP contribution in [0.5, 0.6) is 5.75 Å². The molecule has 1 N–H and O–H groups in total. The summed E-state index contributed by atoms with van der Waals surface area (Å²) in [6, 6.07) is 13.9. The Hall–Kier alpha value is -2.29. The largest absolute Gasteiger partial charge is 0.496 e. The van der Waals surface area contributed by atoms with Gasteiger partial charge in [-0.1, -0.05) is 58.0 Å². The SMILES string of the molecule is COc1ccccc1CNC(=O)c1ccc(C(C)C)cc1C(C)C. The van der Waals surface area contributed by atoms with Crippen LogP contribution in [0.25, 0.3) is 0 Å². The maximum atomic E-state index is 12.7. The Bertz CT molecular complexity index is 705. The molecule has 2 aromatic rings. The number of carbonyl (C=O) groups is 1. The van der Waals surface area contributed by atoms with Crippen LogP contribution in [0.15, 0.2) is 42.5 Å². The molecule has 1 amide bonds. The monoisotopic (exact) mass is 325 g/mol. The van der Waals surface area contributed by atoms with Gasteiger partial charge in [-0.05, 0) is 35.1 Å². The summed E-state index contributed by atoms with van der Waals surface area (Å²) in [4.78, 5) is 12.7. The van der Waals surface area contributed by atoms with Crippen molar-refractivity contribution in [1.82, 2.24) is 5.32 Å². The predicted octanol–water partition coefficient (Wildman–Crippen LogP) is 4.87. The molecule has 3 heteroatoms. The number of carbonyl (C=O) groups excluding carboxylic acids is 1. The van der Waals surface area contributed by atoms with E-state index >= 15 is 0 Å². The molecule has 0 unspecified atom stereocenters. The first-order valence-corrected chi connectivity index (χ1v) is 8.48. The average molecular weight is 325 g/mol. The van der Waals surface area contributed by atoms with E-state index in [-0.39, 0.29) is 5.91 Å². The first-order chi connectivity index (χ1) is 11.4. The van der Waals surface area contributed by atoms with Gasteiger partial charge in [0.1, 0.15) is 5.75 Å². The van der Waals surface area contributed by atoms with Gasteiger partial charge in [0.2, 0.25) is 0 Å². The second kappa shape index (κ2) is 8.00. The lowest BCUT2D eigenvalue weighted by atomic mass is 9.91. The van der Waals surface area contributed by atoms with Crippen molar-refractivity contribution in [2.24, 2.45) is 0 Å². The molecule has 0 radical (unpaired) electrons. The predicted molar refractivity (Wildman–Crippen MR) is 98.8 cm³/mol. The van der Waals surface area contributed by atoms with Gasteiger partial charge in [0.25, 0.3) is 5.91 Å². The second-order valence-corrected chi connectivity index (χ2v) is 6.65. The lowest BCUT2D eigenvalue weighted by Crippen LogP contribution is -2.24. The lowest BCUT2D eigenvalue weighted by Gasteiger charge is -2.16. The van der Waals surface area contributed by atoms with Gasteiger partial charge in [0, 0.05) is 17.7 Å². The van der Waals surface area contributed by atoms with Crippen LogP contribution < -0.4 is 10.1 Å². The molecule has 3 nitrogen and oxygen atoms in total. The summed E-state index contributed by atoms with van der Waals surface area (Å²) in [5, 5.41) is 3.01. The molecule has 0 aromatic heterocycles. The molecule has 0 saturated carbocycles. The molecular formula is C21H27NO2. The van der Waals surface area contributed by atoms with Gasteiger partial charge in [0.05, 0.1) is 7.11 Å². The first-order valence-electron chi connectivity index (χ1n) is 8.48. The number of hydrogen-bond acceptors (Lipinski definition) is 2. The number of ether oxygens (including phenoxy) is 1. The van der Waals surface area contributed by atoms with Gasteiger partial charge in [-0.3, -0.25) is 4.79 Å². The van der Waals surface area contributed by atoms with Crippen LogP contribution in [0, 0.1) is 0 Å². The fraction of sp³-hybridized carbons (Fsp3) is 0.381. The molecule has 0 aliphatic heterocycles. The Balaban J connectivity index is 2.20. The maximum absolute atomic E-state index is 12.7. The van der Waals surface area contributed by atoms with Crippen LogP contribution in [-0.4, -0.2) is 13.0 Å². The van der Waals surface area contributed by atoms with Crippen molar-refractivity contribution in [3.8, 4) is 5.75 Å². The normalized spacial score (nSPS) is 11.0. The quantitative estimate of drug-likeness (QED) is 0.822. The summed E-state index contributed by atoms with van der Waals surface area (Å²) in [6.45, 7) is 9.03. The van der Waals surface area contributed by atoms with Gasteiger partial charge in [0.15, 0.2) is 0 Å². The molecule has 2 rings (SSSR count). The number of nitrogens with one attached hydrogen (secondary N) is 1. The highest BCUT2D eigenvalue weighted by atomic mass is 16.5. The lowest BCUT2D eigenvalue weighted by molar-refractivity contribution is 0.0949. The Kier molecular flexibility index (Phi) is 6.02. The van der Waals surface area contributed by atoms with Gasteiger partial charge >= 0.3 is 0 Å². The molecule has 0 bridgehead atoms. The molecule has 0 spiro atoms. The molecule has 128 valence electrons. The van der Waals surface area contributed by atoms with Crippen LogP contribution in [-0.2, 0) is 6.54 Å². The van der Waals surface area contributed by atoms with Crippen molar-refractivity contribution in [3.05, 3.63) is 64.7 Å². The molecule has 0 aliphatic carbocycles. The van der Waals surface area contributed by atoms with Crippen molar-refractivity contribution >= 4 is 5.91 Å². The van der Waals surface area contributed by atoms with E-state index in [0.717, 1.165) is 22.4 Å². The second-order valence-electron chi connectivity index (χ2n) is 6.65. The number of hydrogen-bond donors (Lipinski definition) is 1. The third-order valence-electron chi connectivity index (χ3n) is 4.24. The summed E-state index contributed by atoms with van der Waals surface area (Å²) < 4.78 is 5.34. The van der Waals surface area contributed by atoms with Gasteiger partial charge in [-0.2, -0.15) is 0 Å². The van der Waals surface area contributed by atoms with Crippen molar-refractivity contribution in [2.45, 2.75) is 46.1 Å². The standard InChI is InChI=1S/C21H27NO2/c1-14(2)16-10-11-18(19(12-16)15(3)4)21(23)22-13-17-8-6-7-9-20(17)24-5/h6-12,14-15H,13H2,1-5H3,(H,22,23). The van der Waals surface area contributed by atoms with Crippen LogP contribution >= 0.6 is 0 Å². The van der Waals surface area contributed by atoms with Crippen LogP contribution in [0.1, 0.15) is 66.6 Å². The van der Waals surface area contributed by atoms with E-state index in [9.17, 15) is 4.79 Å². The summed E-state index contributed by atoms with van der Waals surface area (Å²) in [5.74, 6) is 1.50. The van der Waals surface area contributed by atoms with E-state index in [1.165, 1.54) is 5.56 Å². The summed E-state index contributed by atoms with van der Waals surface area (Å²) >= 11 is 0. The smallest absolute Gasteiger partial charge is 0.251 e. The molecule has 0 aliphatic rings. The van der Waals surface area contributed by atoms with E-state index in [0.29, 0.717) is 18.4 Å². The minimum Gasteiger partial charge on any atom is -0.496 e. The summed E-state index contributed by atoms with van der Waals surface area (Å²) in [6.07, 6.45) is 0. The van der Waals surface area contributed by atoms with E-state index in [4.69, 9.17) is 4.74 Å². The molecule has 0 atom stereocenters. The number of rotatable bonds is 6. The zero-order chi connectivity index (χ0) is 17.7. The average Bonchev–Trinajstić information content (AvgIpc) is 2.59. The maximum Gasteiger partial charge on any atom is 0.251 e. The third-order valence-corrected chi connectivity index (χ3v) is 4.24. The zero-order valence-electron chi connectivity index (χ0n) is 15.2. The minimum absolute atomic E-state index is 0.0417. The number of methoxy groups -OCH3 is 1. The Morgan fingerprint density at radius 1 is 1.04 bits per heavy atom. The highest BCUT2D eigenvalue weighted by Crippen LogP contribution is 2.25. The topological polar surface area (TPSA) is 38.3 Å². The molecule has 0 fully saturated rings. The minimum atomic E-state index is -0.0417. The van der Waals surface area contributed by atoms with E-state index in [1.807, 2.05) is 30.3 Å². The van der Waals surface area contributed by atoms with Crippen molar-refractivity contribution in [2.75, 3.05) is 7.11 Å². The first kappa shape index (κ1) is 18.1. The third kappa shape index (κ3) is 4.16. The summed E-state index contributed by atoms with van der Waals surface area (Å²) in [7, 11) is 1.64. The van der Waals surface area contributed by atoms with Crippen molar-refractivity contribution in [3.63, 3.8) is 0 Å². The Morgan fingerprint density at radius 3 is 2.38 bits per heavy atom. The summed E-state index contributed by atoms with van der Waals surface area (Å²) in [5.41, 5.74) is 4.08. The molecule has 24 heavy (non-hydrogen) atoms. The number of amides is 1. The Labute approximate surface area is 145 Å². The zero-order valence-corrected chi connectivity index (χ0v) is 15.2. The fourth-order valence-electron chi connectivity index (χ4n) is 2.74. The molecule has 0 saturated heterocycles. The fourth-order valence-corrected chi connectivity index (χ4v) is 2.74. The van der Waals surface area contributed by atoms with Crippen molar-refractivity contribution < 1.29 is 9.53 Å². The van der Waals surface area contributed by atoms with E-state index in [1.54, 1.807) is 7.11 Å². The number of para-hydroxylation sites is 1. The molecular weight excluding hydrogens is 298 g/mol. The van der Waals surface area contributed by atoms with Crippen molar-refractivity contribution in [1.29, 1.82) is 0 Å². The molecule has 0 heterocycles. The van der Waals surface area contributed by atoms with Gasteiger partial charge in [-0.25, -0.2) is 0 Å². The van der Waals surface area contributed by atoms with E-state index in [2.05, 4.69) is 45.1 Å². The van der Waals surface area contributed by atoms with Crippen LogP contribution in [0.4, 0.5) is 0 Å². The van der Waals surface area contributed by atoms with Gasteiger partial charge < -0.3 is 10.1 Å². The van der Waals surface area contributed by atoms with Crippen LogP contribution in [0.3, 0.4) is 0 Å². The number of benzene rings is 2. The van der Waals surface area contributed by atoms with E-state index < -0.39 is 0 Å². The molecule has 2 aromatic carbocycles. The highest BCUT2D eigenvalue weighted by molar-refractivity contribution is 5.96. The van der Waals surface area contributed by atoms with Crippen LogP contribution in [0.2, 0.25) is 0 Å². The van der Waals surface area contributed by atoms with Gasteiger partial charge in [-0.15, -0.1) is 0 Å².